The molecule has 0 aromatic rings. The molecule has 2 nitrogen and oxygen atoms in total. The maximum atomic E-state index is 9.33. The van der Waals surface area contributed by atoms with Gasteiger partial charge < -0.3 is 5.11 Å². The molecule has 1 aliphatic rings. The molecule has 1 aliphatic carbocycles. The van der Waals surface area contributed by atoms with Crippen molar-refractivity contribution in [2.45, 2.75) is 31.9 Å². The predicted molar refractivity (Wildman–Crippen MR) is 41.7 cm³/mol. The van der Waals surface area contributed by atoms with Crippen LogP contribution in [0.4, 0.5) is 0 Å². The van der Waals surface area contributed by atoms with Gasteiger partial charge in [0, 0.05) is 0 Å². The highest BCUT2D eigenvalue weighted by Crippen LogP contribution is 2.33. The van der Waals surface area contributed by atoms with E-state index in [0.717, 1.165) is 12.3 Å². The van der Waals surface area contributed by atoms with Gasteiger partial charge in [-0.1, -0.05) is 12.8 Å². The minimum Gasteiger partial charge on any atom is -0.378 e. The van der Waals surface area contributed by atoms with E-state index < -0.39 is 0 Å². The molecule has 0 aromatic heterocycles. The molecule has 0 amide bonds. The van der Waals surface area contributed by atoms with Crippen molar-refractivity contribution in [2.24, 2.45) is 5.92 Å². The lowest BCUT2D eigenvalue weighted by molar-refractivity contribution is 0.0306. The second kappa shape index (κ2) is 3.35. The van der Waals surface area contributed by atoms with Gasteiger partial charge in [-0.25, -0.2) is 0 Å². The molecule has 1 N–H and O–H groups in total. The predicted octanol–water partition coefficient (Wildman–Crippen LogP) is 1.06. The van der Waals surface area contributed by atoms with Gasteiger partial charge in [0.25, 0.3) is 0 Å². The quantitative estimate of drug-likeness (QED) is 0.595. The third kappa shape index (κ3) is 2.67. The van der Waals surface area contributed by atoms with Gasteiger partial charge >= 0.3 is 0 Å². The van der Waals surface area contributed by atoms with E-state index in [1.807, 2.05) is 19.0 Å². The van der Waals surface area contributed by atoms with E-state index in [4.69, 9.17) is 0 Å². The molecule has 0 spiro atoms. The van der Waals surface area contributed by atoms with Crippen molar-refractivity contribution in [3.8, 4) is 0 Å². The minimum atomic E-state index is -0.222. The van der Waals surface area contributed by atoms with Crippen molar-refractivity contribution in [3.05, 3.63) is 0 Å². The van der Waals surface area contributed by atoms with Crippen LogP contribution in [0.2, 0.25) is 0 Å². The zero-order valence-electron chi connectivity index (χ0n) is 6.88. The molecule has 2 heteroatoms. The number of hydrogen-bond acceptors (Lipinski definition) is 2. The fraction of sp³-hybridized carbons (Fsp3) is 1.00. The lowest BCUT2D eigenvalue weighted by Crippen LogP contribution is -2.27. The molecule has 0 saturated heterocycles. The zero-order valence-corrected chi connectivity index (χ0v) is 6.88. The van der Waals surface area contributed by atoms with Crippen LogP contribution in [0.5, 0.6) is 0 Å². The standard InChI is InChI=1S/C8H17NO/c1-9(2)8(10)6-5-7-3-4-7/h7-8,10H,3-6H2,1-2H3/t8-/m0/s1. The van der Waals surface area contributed by atoms with Gasteiger partial charge in [0.05, 0.1) is 0 Å². The van der Waals surface area contributed by atoms with Crippen molar-refractivity contribution in [1.29, 1.82) is 0 Å². The summed E-state index contributed by atoms with van der Waals surface area (Å²) in [4.78, 5) is 1.86. The van der Waals surface area contributed by atoms with Gasteiger partial charge in [-0.3, -0.25) is 4.90 Å². The number of hydrogen-bond donors (Lipinski definition) is 1. The molecule has 0 heterocycles. The van der Waals surface area contributed by atoms with E-state index in [-0.39, 0.29) is 6.23 Å². The Morgan fingerprint density at radius 2 is 2.10 bits per heavy atom. The average Bonchev–Trinajstić information content (AvgIpc) is 2.64. The van der Waals surface area contributed by atoms with Gasteiger partial charge in [0.15, 0.2) is 0 Å². The first-order valence-corrected chi connectivity index (χ1v) is 4.04. The number of aliphatic hydroxyl groups is 1. The van der Waals surface area contributed by atoms with E-state index in [1.165, 1.54) is 19.3 Å². The number of rotatable bonds is 4. The SMILES string of the molecule is CN(C)[C@@H](O)CCC1CC1. The maximum Gasteiger partial charge on any atom is 0.106 e. The summed E-state index contributed by atoms with van der Waals surface area (Å²) in [5.41, 5.74) is 0. The van der Waals surface area contributed by atoms with Gasteiger partial charge in [-0.15, -0.1) is 0 Å². The molecular weight excluding hydrogens is 126 g/mol. The molecular formula is C8H17NO. The summed E-state index contributed by atoms with van der Waals surface area (Å²) in [6, 6.07) is 0. The Balaban J connectivity index is 1.99. The van der Waals surface area contributed by atoms with Crippen LogP contribution in [-0.4, -0.2) is 30.3 Å². The van der Waals surface area contributed by atoms with Crippen molar-refractivity contribution in [3.63, 3.8) is 0 Å². The van der Waals surface area contributed by atoms with E-state index in [9.17, 15) is 5.11 Å². The van der Waals surface area contributed by atoms with E-state index >= 15 is 0 Å². The van der Waals surface area contributed by atoms with Crippen LogP contribution >= 0.6 is 0 Å². The topological polar surface area (TPSA) is 23.5 Å². The van der Waals surface area contributed by atoms with Crippen LogP contribution in [0.15, 0.2) is 0 Å². The Hall–Kier alpha value is -0.0800. The number of nitrogens with zero attached hydrogens (tertiary/aromatic N) is 1. The highest BCUT2D eigenvalue weighted by molar-refractivity contribution is 4.73. The first-order chi connectivity index (χ1) is 4.70. The summed E-state index contributed by atoms with van der Waals surface area (Å²) < 4.78 is 0. The first kappa shape index (κ1) is 8.02. The van der Waals surface area contributed by atoms with Crippen molar-refractivity contribution >= 4 is 0 Å². The zero-order chi connectivity index (χ0) is 7.56. The van der Waals surface area contributed by atoms with E-state index in [1.54, 1.807) is 0 Å². The molecule has 1 saturated carbocycles. The average molecular weight is 143 g/mol. The van der Waals surface area contributed by atoms with Crippen molar-refractivity contribution in [1.82, 2.24) is 4.90 Å². The van der Waals surface area contributed by atoms with Crippen LogP contribution in [-0.2, 0) is 0 Å². The molecule has 0 aliphatic heterocycles. The fourth-order valence-corrected chi connectivity index (χ4v) is 1.05. The largest absolute Gasteiger partial charge is 0.378 e. The lowest BCUT2D eigenvalue weighted by atomic mass is 10.2. The Kier molecular flexibility index (Phi) is 2.69. The van der Waals surface area contributed by atoms with Crippen molar-refractivity contribution < 1.29 is 5.11 Å². The fourth-order valence-electron chi connectivity index (χ4n) is 1.05. The van der Waals surface area contributed by atoms with E-state index in [2.05, 4.69) is 0 Å². The van der Waals surface area contributed by atoms with Crippen LogP contribution in [0.25, 0.3) is 0 Å². The van der Waals surface area contributed by atoms with Crippen molar-refractivity contribution in [2.75, 3.05) is 14.1 Å². The maximum absolute atomic E-state index is 9.33. The van der Waals surface area contributed by atoms with Gasteiger partial charge in [0.1, 0.15) is 6.23 Å². The van der Waals surface area contributed by atoms with Crippen LogP contribution in [0.3, 0.4) is 0 Å². The van der Waals surface area contributed by atoms with Crippen LogP contribution in [0.1, 0.15) is 25.7 Å². The summed E-state index contributed by atoms with van der Waals surface area (Å²) in [5, 5.41) is 9.33. The van der Waals surface area contributed by atoms with Gasteiger partial charge in [-0.2, -0.15) is 0 Å². The van der Waals surface area contributed by atoms with Crippen LogP contribution < -0.4 is 0 Å². The second-order valence-corrected chi connectivity index (χ2v) is 3.46. The second-order valence-electron chi connectivity index (χ2n) is 3.46. The Morgan fingerprint density at radius 3 is 2.50 bits per heavy atom. The van der Waals surface area contributed by atoms with Gasteiger partial charge in [-0.05, 0) is 32.9 Å². The Bertz CT molecular complexity index is 99.4. The molecule has 1 rings (SSSR count). The highest BCUT2D eigenvalue weighted by atomic mass is 16.3. The molecule has 1 fully saturated rings. The monoisotopic (exact) mass is 143 g/mol. The summed E-state index contributed by atoms with van der Waals surface area (Å²) in [6.45, 7) is 0. The minimum absolute atomic E-state index is 0.222. The molecule has 0 bridgehead atoms. The van der Waals surface area contributed by atoms with Gasteiger partial charge in [0.2, 0.25) is 0 Å². The third-order valence-electron chi connectivity index (χ3n) is 2.13. The molecule has 0 radical (unpaired) electrons. The summed E-state index contributed by atoms with van der Waals surface area (Å²) in [5.74, 6) is 0.939. The Morgan fingerprint density at radius 1 is 1.50 bits per heavy atom. The Labute approximate surface area is 62.8 Å². The molecule has 0 aromatic carbocycles. The summed E-state index contributed by atoms with van der Waals surface area (Å²) in [7, 11) is 3.83. The van der Waals surface area contributed by atoms with Crippen LogP contribution in [0, 0.1) is 5.92 Å². The summed E-state index contributed by atoms with van der Waals surface area (Å²) >= 11 is 0. The lowest BCUT2D eigenvalue weighted by Gasteiger charge is -2.17. The molecule has 0 unspecified atom stereocenters. The highest BCUT2D eigenvalue weighted by Gasteiger charge is 2.22. The van der Waals surface area contributed by atoms with E-state index in [0.29, 0.717) is 0 Å². The molecule has 60 valence electrons. The molecule has 1 atom stereocenters. The molecule has 10 heavy (non-hydrogen) atoms. The number of aliphatic hydroxyl groups excluding tert-OH is 1. The first-order valence-electron chi connectivity index (χ1n) is 4.04. The smallest absolute Gasteiger partial charge is 0.106 e. The summed E-state index contributed by atoms with van der Waals surface area (Å²) in [6.07, 6.45) is 4.71. The normalized spacial score (nSPS) is 21.6. The third-order valence-corrected chi connectivity index (χ3v) is 2.13.